The fourth-order valence-corrected chi connectivity index (χ4v) is 1.42. The summed E-state index contributed by atoms with van der Waals surface area (Å²) in [6.07, 6.45) is 1.58. The number of hydrogen-bond acceptors (Lipinski definition) is 3. The quantitative estimate of drug-likeness (QED) is 0.802. The van der Waals surface area contributed by atoms with Gasteiger partial charge in [-0.15, -0.1) is 0 Å². The van der Waals surface area contributed by atoms with Crippen molar-refractivity contribution in [2.75, 3.05) is 12.3 Å². The van der Waals surface area contributed by atoms with Gasteiger partial charge in [0.25, 0.3) is 0 Å². The van der Waals surface area contributed by atoms with E-state index in [0.29, 0.717) is 12.4 Å². The maximum Gasteiger partial charge on any atom is 0.149 e. The highest BCUT2D eigenvalue weighted by Gasteiger charge is 2.04. The molecule has 0 saturated heterocycles. The molecule has 0 radical (unpaired) electrons. The van der Waals surface area contributed by atoms with Crippen LogP contribution in [0.1, 0.15) is 6.92 Å². The van der Waals surface area contributed by atoms with Crippen LogP contribution in [0.2, 0.25) is 0 Å². The zero-order valence-corrected chi connectivity index (χ0v) is 8.53. The van der Waals surface area contributed by atoms with E-state index in [1.807, 2.05) is 31.2 Å². The Labute approximate surface area is 88.1 Å². The van der Waals surface area contributed by atoms with Crippen LogP contribution >= 0.6 is 0 Å². The van der Waals surface area contributed by atoms with E-state index in [1.165, 1.54) is 0 Å². The lowest BCUT2D eigenvalue weighted by molar-refractivity contribution is 0.340. The summed E-state index contributed by atoms with van der Waals surface area (Å²) in [5.74, 6) is 1.37. The highest BCUT2D eigenvalue weighted by Crippen LogP contribution is 2.24. The molecule has 0 aliphatic heterocycles. The predicted molar refractivity (Wildman–Crippen MR) is 59.6 cm³/mol. The molecule has 78 valence electrons. The molecule has 2 aromatic rings. The molecule has 4 heteroatoms. The van der Waals surface area contributed by atoms with E-state index in [0.717, 1.165) is 17.0 Å². The maximum atomic E-state index is 5.70. The Bertz CT molecular complexity index is 433. The molecular weight excluding hydrogens is 190 g/mol. The molecule has 3 N–H and O–H groups in total. The lowest BCUT2D eigenvalue weighted by atomic mass is 10.1. The summed E-state index contributed by atoms with van der Waals surface area (Å²) in [6, 6.07) is 7.74. The number of nitrogens with two attached hydrogens (primary N) is 1. The lowest BCUT2D eigenvalue weighted by Gasteiger charge is -2.04. The summed E-state index contributed by atoms with van der Waals surface area (Å²) in [4.78, 5) is 6.94. The summed E-state index contributed by atoms with van der Waals surface area (Å²) in [6.45, 7) is 2.63. The minimum absolute atomic E-state index is 0.513. The number of ether oxygens (including phenoxy) is 1. The standard InChI is InChI=1S/C11H13N3O/c1-2-15-9-5-3-8(4-6-9)10-11(12)14-7-13-10/h3-7H,2,12H2,1H3,(H,13,14). The first-order valence-electron chi connectivity index (χ1n) is 4.83. The van der Waals surface area contributed by atoms with Crippen LogP contribution in [0.15, 0.2) is 30.6 Å². The molecule has 0 unspecified atom stereocenters. The molecule has 0 aliphatic rings. The zero-order valence-electron chi connectivity index (χ0n) is 8.53. The third kappa shape index (κ3) is 1.93. The number of benzene rings is 1. The van der Waals surface area contributed by atoms with Crippen molar-refractivity contribution >= 4 is 5.82 Å². The predicted octanol–water partition coefficient (Wildman–Crippen LogP) is 2.06. The van der Waals surface area contributed by atoms with E-state index in [9.17, 15) is 0 Å². The van der Waals surface area contributed by atoms with Crippen molar-refractivity contribution in [3.05, 3.63) is 30.6 Å². The van der Waals surface area contributed by atoms with E-state index in [-0.39, 0.29) is 0 Å². The molecule has 0 fully saturated rings. The highest BCUT2D eigenvalue weighted by molar-refractivity contribution is 5.70. The van der Waals surface area contributed by atoms with Crippen LogP contribution in [0.3, 0.4) is 0 Å². The van der Waals surface area contributed by atoms with Gasteiger partial charge in [-0.1, -0.05) is 0 Å². The first-order chi connectivity index (χ1) is 7.31. The number of H-pyrrole nitrogens is 1. The number of rotatable bonds is 3. The van der Waals surface area contributed by atoms with E-state index in [2.05, 4.69) is 9.97 Å². The fraction of sp³-hybridized carbons (Fsp3) is 0.182. The van der Waals surface area contributed by atoms with Gasteiger partial charge in [0.2, 0.25) is 0 Å². The van der Waals surface area contributed by atoms with Gasteiger partial charge in [-0.25, -0.2) is 4.98 Å². The summed E-state index contributed by atoms with van der Waals surface area (Å²) in [5.41, 5.74) is 7.55. The van der Waals surface area contributed by atoms with E-state index in [1.54, 1.807) is 6.33 Å². The average Bonchev–Trinajstić information content (AvgIpc) is 2.66. The molecule has 0 atom stereocenters. The van der Waals surface area contributed by atoms with E-state index < -0.39 is 0 Å². The normalized spacial score (nSPS) is 10.2. The number of nitrogens with one attached hydrogen (secondary N) is 1. The van der Waals surface area contributed by atoms with Gasteiger partial charge in [0.05, 0.1) is 18.6 Å². The molecule has 0 aliphatic carbocycles. The highest BCUT2D eigenvalue weighted by atomic mass is 16.5. The van der Waals surface area contributed by atoms with Gasteiger partial charge in [-0.05, 0) is 31.2 Å². The molecule has 1 aromatic carbocycles. The van der Waals surface area contributed by atoms with Gasteiger partial charge in [0, 0.05) is 5.56 Å². The van der Waals surface area contributed by atoms with Gasteiger partial charge in [0.1, 0.15) is 11.6 Å². The van der Waals surface area contributed by atoms with E-state index >= 15 is 0 Å². The summed E-state index contributed by atoms with van der Waals surface area (Å²) in [7, 11) is 0. The largest absolute Gasteiger partial charge is 0.494 e. The van der Waals surface area contributed by atoms with Crippen LogP contribution in [0.5, 0.6) is 5.75 Å². The summed E-state index contributed by atoms with van der Waals surface area (Å²) >= 11 is 0. The number of nitrogens with zero attached hydrogens (tertiary/aromatic N) is 1. The Morgan fingerprint density at radius 3 is 2.60 bits per heavy atom. The SMILES string of the molecule is CCOc1ccc(-c2[nH]cnc2N)cc1. The van der Waals surface area contributed by atoms with Gasteiger partial charge < -0.3 is 15.5 Å². The van der Waals surface area contributed by atoms with Crippen LogP contribution in [0, 0.1) is 0 Å². The lowest BCUT2D eigenvalue weighted by Crippen LogP contribution is -1.91. The summed E-state index contributed by atoms with van der Waals surface area (Å²) < 4.78 is 5.35. The van der Waals surface area contributed by atoms with E-state index in [4.69, 9.17) is 10.5 Å². The Hall–Kier alpha value is -1.97. The molecule has 0 bridgehead atoms. The van der Waals surface area contributed by atoms with Gasteiger partial charge in [-0.3, -0.25) is 0 Å². The van der Waals surface area contributed by atoms with Crippen molar-refractivity contribution in [1.82, 2.24) is 9.97 Å². The third-order valence-electron chi connectivity index (χ3n) is 2.12. The monoisotopic (exact) mass is 203 g/mol. The Kier molecular flexibility index (Phi) is 2.58. The van der Waals surface area contributed by atoms with Crippen molar-refractivity contribution in [3.63, 3.8) is 0 Å². The molecule has 0 saturated carbocycles. The fourth-order valence-electron chi connectivity index (χ4n) is 1.42. The number of imidazole rings is 1. The number of nitrogen functional groups attached to an aromatic ring is 1. The molecule has 1 aromatic heterocycles. The molecule has 4 nitrogen and oxygen atoms in total. The molecule has 1 heterocycles. The number of aromatic amines is 1. The van der Waals surface area contributed by atoms with Gasteiger partial charge >= 0.3 is 0 Å². The van der Waals surface area contributed by atoms with Crippen molar-refractivity contribution in [1.29, 1.82) is 0 Å². The number of aromatic nitrogens is 2. The van der Waals surface area contributed by atoms with Crippen molar-refractivity contribution < 1.29 is 4.74 Å². The van der Waals surface area contributed by atoms with Crippen LogP contribution in [0.25, 0.3) is 11.3 Å². The second-order valence-corrected chi connectivity index (χ2v) is 3.12. The van der Waals surface area contributed by atoms with Crippen LogP contribution in [-0.2, 0) is 0 Å². The van der Waals surface area contributed by atoms with Crippen molar-refractivity contribution in [2.24, 2.45) is 0 Å². The molecule has 2 rings (SSSR count). The number of anilines is 1. The van der Waals surface area contributed by atoms with Crippen LogP contribution in [-0.4, -0.2) is 16.6 Å². The molecular formula is C11H13N3O. The van der Waals surface area contributed by atoms with Crippen molar-refractivity contribution in [3.8, 4) is 17.0 Å². The Morgan fingerprint density at radius 2 is 2.07 bits per heavy atom. The average molecular weight is 203 g/mol. The molecule has 15 heavy (non-hydrogen) atoms. The van der Waals surface area contributed by atoms with Crippen LogP contribution < -0.4 is 10.5 Å². The zero-order chi connectivity index (χ0) is 10.7. The summed E-state index contributed by atoms with van der Waals surface area (Å²) in [5, 5.41) is 0. The second kappa shape index (κ2) is 4.04. The molecule has 0 amide bonds. The smallest absolute Gasteiger partial charge is 0.149 e. The maximum absolute atomic E-state index is 5.70. The topological polar surface area (TPSA) is 63.9 Å². The van der Waals surface area contributed by atoms with Gasteiger partial charge in [-0.2, -0.15) is 0 Å². The van der Waals surface area contributed by atoms with Crippen LogP contribution in [0.4, 0.5) is 5.82 Å². The minimum Gasteiger partial charge on any atom is -0.494 e. The first-order valence-corrected chi connectivity index (χ1v) is 4.83. The second-order valence-electron chi connectivity index (χ2n) is 3.12. The first kappa shape index (κ1) is 9.58. The minimum atomic E-state index is 0.513. The molecule has 0 spiro atoms. The number of hydrogen-bond donors (Lipinski definition) is 2. The Balaban J connectivity index is 2.28. The van der Waals surface area contributed by atoms with Crippen molar-refractivity contribution in [2.45, 2.75) is 6.92 Å². The third-order valence-corrected chi connectivity index (χ3v) is 2.12. The Morgan fingerprint density at radius 1 is 1.33 bits per heavy atom. The van der Waals surface area contributed by atoms with Gasteiger partial charge in [0.15, 0.2) is 0 Å².